The van der Waals surface area contributed by atoms with E-state index < -0.39 is 10.0 Å². The van der Waals surface area contributed by atoms with E-state index in [1.807, 2.05) is 0 Å². The van der Waals surface area contributed by atoms with Gasteiger partial charge in [-0.3, -0.25) is 4.79 Å². The van der Waals surface area contributed by atoms with Crippen molar-refractivity contribution >= 4 is 33.4 Å². The predicted octanol–water partition coefficient (Wildman–Crippen LogP) is 3.43. The van der Waals surface area contributed by atoms with Gasteiger partial charge in [-0.25, -0.2) is 12.7 Å². The number of aryl methyl sites for hydroxylation is 2. The summed E-state index contributed by atoms with van der Waals surface area (Å²) in [6.07, 6.45) is 0. The Morgan fingerprint density at radius 1 is 1.12 bits per heavy atom. The van der Waals surface area contributed by atoms with Crippen molar-refractivity contribution in [3.63, 3.8) is 0 Å². The second-order valence-corrected chi connectivity index (χ2v) is 9.42. The monoisotopic (exact) mass is 392 g/mol. The number of thioether (sulfide) groups is 1. The molecule has 7 heteroatoms. The van der Waals surface area contributed by atoms with Crippen LogP contribution in [0, 0.1) is 13.8 Å². The van der Waals surface area contributed by atoms with Gasteiger partial charge in [-0.1, -0.05) is 29.8 Å². The summed E-state index contributed by atoms with van der Waals surface area (Å²) < 4.78 is 25.5. The highest BCUT2D eigenvalue weighted by Gasteiger charge is 2.17. The van der Waals surface area contributed by atoms with Crippen molar-refractivity contribution in [2.24, 2.45) is 0 Å². The lowest BCUT2D eigenvalue weighted by atomic mass is 10.1. The van der Waals surface area contributed by atoms with Gasteiger partial charge in [0.15, 0.2) is 0 Å². The molecule has 0 spiro atoms. The van der Waals surface area contributed by atoms with Gasteiger partial charge in [0, 0.05) is 25.5 Å². The van der Waals surface area contributed by atoms with Crippen LogP contribution in [-0.2, 0) is 20.6 Å². The molecule has 0 atom stereocenters. The summed E-state index contributed by atoms with van der Waals surface area (Å²) in [5.41, 5.74) is 4.12. The number of nitrogens with one attached hydrogen (secondary N) is 1. The Bertz CT molecular complexity index is 893. The van der Waals surface area contributed by atoms with Crippen LogP contribution < -0.4 is 5.32 Å². The van der Waals surface area contributed by atoms with E-state index in [0.29, 0.717) is 11.4 Å². The third-order valence-corrected chi connectivity index (χ3v) is 6.68. The fourth-order valence-corrected chi connectivity index (χ4v) is 4.19. The molecule has 140 valence electrons. The maximum Gasteiger partial charge on any atom is 0.242 e. The molecule has 0 bridgehead atoms. The molecule has 2 aromatic carbocycles. The van der Waals surface area contributed by atoms with E-state index in [1.54, 1.807) is 12.1 Å². The molecule has 5 nitrogen and oxygen atoms in total. The summed E-state index contributed by atoms with van der Waals surface area (Å²) >= 11 is 1.53. The lowest BCUT2D eigenvalue weighted by molar-refractivity contribution is -0.113. The van der Waals surface area contributed by atoms with E-state index in [1.165, 1.54) is 54.7 Å². The minimum absolute atomic E-state index is 0.153. The van der Waals surface area contributed by atoms with Gasteiger partial charge in [-0.2, -0.15) is 0 Å². The minimum Gasteiger partial charge on any atom is -0.325 e. The Balaban J connectivity index is 1.95. The first-order chi connectivity index (χ1) is 12.2. The van der Waals surface area contributed by atoms with Crippen LogP contribution in [0.3, 0.4) is 0 Å². The number of carbonyl (C=O) groups excluding carboxylic acids is 1. The molecule has 0 aromatic heterocycles. The van der Waals surface area contributed by atoms with E-state index >= 15 is 0 Å². The molecular weight excluding hydrogens is 368 g/mol. The highest BCUT2D eigenvalue weighted by Crippen LogP contribution is 2.20. The van der Waals surface area contributed by atoms with Crippen LogP contribution in [-0.4, -0.2) is 38.5 Å². The number of nitrogens with zero attached hydrogens (tertiary/aromatic N) is 1. The van der Waals surface area contributed by atoms with Gasteiger partial charge in [0.2, 0.25) is 15.9 Å². The molecule has 0 heterocycles. The average molecular weight is 393 g/mol. The summed E-state index contributed by atoms with van der Waals surface area (Å²) in [6.45, 7) is 4.11. The third kappa shape index (κ3) is 5.33. The maximum absolute atomic E-state index is 12.2. The lowest BCUT2D eigenvalue weighted by Crippen LogP contribution is -2.22. The van der Waals surface area contributed by atoms with Gasteiger partial charge in [-0.05, 0) is 43.2 Å². The zero-order chi connectivity index (χ0) is 19.3. The van der Waals surface area contributed by atoms with Gasteiger partial charge in [0.25, 0.3) is 0 Å². The van der Waals surface area contributed by atoms with E-state index in [4.69, 9.17) is 0 Å². The van der Waals surface area contributed by atoms with Crippen molar-refractivity contribution in [2.75, 3.05) is 25.2 Å². The Kier molecular flexibility index (Phi) is 6.86. The second kappa shape index (κ2) is 8.70. The van der Waals surface area contributed by atoms with Crippen LogP contribution in [0.1, 0.15) is 16.7 Å². The van der Waals surface area contributed by atoms with Gasteiger partial charge in [0.1, 0.15) is 0 Å². The van der Waals surface area contributed by atoms with Crippen molar-refractivity contribution in [3.05, 3.63) is 59.2 Å². The van der Waals surface area contributed by atoms with E-state index in [9.17, 15) is 13.2 Å². The van der Waals surface area contributed by atoms with Gasteiger partial charge in [-0.15, -0.1) is 11.8 Å². The summed E-state index contributed by atoms with van der Waals surface area (Å²) in [4.78, 5) is 12.3. The van der Waals surface area contributed by atoms with Crippen molar-refractivity contribution in [3.8, 4) is 0 Å². The predicted molar refractivity (Wildman–Crippen MR) is 108 cm³/mol. The zero-order valence-electron chi connectivity index (χ0n) is 15.4. The topological polar surface area (TPSA) is 66.5 Å². The molecule has 0 radical (unpaired) electrons. The molecular formula is C19H24N2O3S2. The van der Waals surface area contributed by atoms with Crippen LogP contribution in [0.5, 0.6) is 0 Å². The largest absolute Gasteiger partial charge is 0.325 e. The Morgan fingerprint density at radius 2 is 1.85 bits per heavy atom. The van der Waals surface area contributed by atoms with Crippen LogP contribution in [0.25, 0.3) is 0 Å². The Morgan fingerprint density at radius 3 is 2.54 bits per heavy atom. The fourth-order valence-electron chi connectivity index (χ4n) is 2.35. The number of carbonyl (C=O) groups is 1. The molecule has 2 rings (SSSR count). The average Bonchev–Trinajstić information content (AvgIpc) is 2.58. The molecule has 26 heavy (non-hydrogen) atoms. The number of hydrogen-bond donors (Lipinski definition) is 1. The number of amides is 1. The molecule has 0 aliphatic carbocycles. The van der Waals surface area contributed by atoms with E-state index in [2.05, 4.69) is 37.4 Å². The van der Waals surface area contributed by atoms with E-state index in [-0.39, 0.29) is 10.8 Å². The Labute approximate surface area is 159 Å². The van der Waals surface area contributed by atoms with E-state index in [0.717, 1.165) is 10.1 Å². The number of hydrogen-bond acceptors (Lipinski definition) is 4. The first-order valence-corrected chi connectivity index (χ1v) is 10.8. The quantitative estimate of drug-likeness (QED) is 0.784. The molecule has 2 aromatic rings. The third-order valence-electron chi connectivity index (χ3n) is 3.89. The smallest absolute Gasteiger partial charge is 0.242 e. The van der Waals surface area contributed by atoms with Crippen molar-refractivity contribution in [2.45, 2.75) is 24.5 Å². The molecule has 1 N–H and O–H groups in total. The first-order valence-electron chi connectivity index (χ1n) is 8.16. The number of rotatable bonds is 7. The summed E-state index contributed by atoms with van der Waals surface area (Å²) in [7, 11) is -0.567. The summed E-state index contributed by atoms with van der Waals surface area (Å²) in [6, 6.07) is 12.6. The molecule has 0 aliphatic heterocycles. The number of benzene rings is 2. The zero-order valence-corrected chi connectivity index (χ0v) is 17.1. The van der Waals surface area contributed by atoms with Crippen LogP contribution in [0.4, 0.5) is 5.69 Å². The van der Waals surface area contributed by atoms with Crippen LogP contribution in [0.15, 0.2) is 47.4 Å². The number of sulfonamides is 1. The highest BCUT2D eigenvalue weighted by atomic mass is 32.2. The summed E-state index contributed by atoms with van der Waals surface area (Å²) in [5, 5.41) is 2.76. The molecule has 0 unspecified atom stereocenters. The van der Waals surface area contributed by atoms with Gasteiger partial charge in [0.05, 0.1) is 10.6 Å². The highest BCUT2D eigenvalue weighted by molar-refractivity contribution is 7.99. The van der Waals surface area contributed by atoms with Gasteiger partial charge < -0.3 is 5.32 Å². The Hall–Kier alpha value is -1.83. The van der Waals surface area contributed by atoms with Crippen molar-refractivity contribution in [1.29, 1.82) is 0 Å². The maximum atomic E-state index is 12.2. The van der Waals surface area contributed by atoms with Crippen LogP contribution >= 0.6 is 11.8 Å². The van der Waals surface area contributed by atoms with Crippen molar-refractivity contribution < 1.29 is 13.2 Å². The standard InChI is InChI=1S/C19H24N2O3S2/c1-14-8-9-15(2)16(10-14)12-25-13-19(22)20-17-6-5-7-18(11-17)26(23,24)21(3)4/h5-11H,12-13H2,1-4H3,(H,20,22). The molecule has 0 fully saturated rings. The normalized spacial score (nSPS) is 11.6. The first kappa shape index (κ1) is 20.5. The van der Waals surface area contributed by atoms with Crippen LogP contribution in [0.2, 0.25) is 0 Å². The second-order valence-electron chi connectivity index (χ2n) is 6.29. The molecule has 1 amide bonds. The molecule has 0 saturated heterocycles. The minimum atomic E-state index is -3.52. The number of anilines is 1. The molecule has 0 saturated carbocycles. The van der Waals surface area contributed by atoms with Crippen molar-refractivity contribution in [1.82, 2.24) is 4.31 Å². The fraction of sp³-hybridized carbons (Fsp3) is 0.316. The summed E-state index contributed by atoms with van der Waals surface area (Å²) in [5.74, 6) is 0.910. The van der Waals surface area contributed by atoms with Gasteiger partial charge >= 0.3 is 0 Å². The lowest BCUT2D eigenvalue weighted by Gasteiger charge is -2.12. The SMILES string of the molecule is Cc1ccc(C)c(CSCC(=O)Nc2cccc(S(=O)(=O)N(C)C)c2)c1. The molecule has 0 aliphatic rings.